The second-order valence-electron chi connectivity index (χ2n) is 8.04. The second-order valence-corrected chi connectivity index (χ2v) is 8.04. The molecule has 0 spiro atoms. The van der Waals surface area contributed by atoms with Crippen molar-refractivity contribution in [3.05, 3.63) is 35.4 Å². The Hall–Kier alpha value is -1.88. The van der Waals surface area contributed by atoms with E-state index in [0.717, 1.165) is 6.54 Å². The lowest BCUT2D eigenvalue weighted by Gasteiger charge is -2.42. The first-order valence-electron chi connectivity index (χ1n) is 9.02. The average molecular weight is 345 g/mol. The van der Waals surface area contributed by atoms with Crippen LogP contribution in [0.1, 0.15) is 50.5 Å². The number of nitrogens with zero attached hydrogens (tertiary/aromatic N) is 2. The first-order valence-corrected chi connectivity index (χ1v) is 9.02. The number of amides is 2. The molecule has 138 valence electrons. The molecule has 0 saturated carbocycles. The predicted molar refractivity (Wildman–Crippen MR) is 101 cm³/mol. The van der Waals surface area contributed by atoms with Gasteiger partial charge in [0.05, 0.1) is 0 Å². The molecule has 5 heteroatoms. The third-order valence-corrected chi connectivity index (χ3v) is 4.95. The van der Waals surface area contributed by atoms with Gasteiger partial charge in [-0.2, -0.15) is 0 Å². The highest BCUT2D eigenvalue weighted by molar-refractivity contribution is 5.97. The highest BCUT2D eigenvalue weighted by Crippen LogP contribution is 2.23. The first kappa shape index (κ1) is 19.4. The summed E-state index contributed by atoms with van der Waals surface area (Å²) < 4.78 is 0. The fraction of sp³-hybridized carbons (Fsp3) is 0.600. The zero-order valence-corrected chi connectivity index (χ0v) is 16.3. The zero-order chi connectivity index (χ0) is 18.8. The molecule has 1 aromatic carbocycles. The van der Waals surface area contributed by atoms with Crippen LogP contribution in [0.2, 0.25) is 0 Å². The Kier molecular flexibility index (Phi) is 5.88. The molecule has 1 fully saturated rings. The van der Waals surface area contributed by atoms with Crippen molar-refractivity contribution in [2.75, 3.05) is 26.7 Å². The number of carbonyl (C=O) groups excluding carboxylic acids is 2. The van der Waals surface area contributed by atoms with Gasteiger partial charge in [-0.3, -0.25) is 14.5 Å². The van der Waals surface area contributed by atoms with Crippen LogP contribution in [0.5, 0.6) is 0 Å². The highest BCUT2D eigenvalue weighted by atomic mass is 16.2. The van der Waals surface area contributed by atoms with Gasteiger partial charge in [0, 0.05) is 38.3 Å². The number of piperazine rings is 1. The maximum atomic E-state index is 13.0. The highest BCUT2D eigenvalue weighted by Gasteiger charge is 2.36. The van der Waals surface area contributed by atoms with E-state index in [-0.39, 0.29) is 17.2 Å². The van der Waals surface area contributed by atoms with Crippen LogP contribution in [0.15, 0.2) is 24.3 Å². The summed E-state index contributed by atoms with van der Waals surface area (Å²) in [5, 5.41) is 2.70. The van der Waals surface area contributed by atoms with E-state index >= 15 is 0 Å². The summed E-state index contributed by atoms with van der Waals surface area (Å²) in [6.45, 7) is 12.6. The SMILES string of the molecule is CNC(=O)C1CN(C(C)C)CCN1C(=O)c1ccc(C(C)(C)C)cc1. The molecule has 1 heterocycles. The minimum Gasteiger partial charge on any atom is -0.357 e. The number of rotatable bonds is 3. The van der Waals surface area contributed by atoms with Crippen LogP contribution < -0.4 is 5.32 Å². The minimum atomic E-state index is -0.448. The Morgan fingerprint density at radius 3 is 2.20 bits per heavy atom. The summed E-state index contributed by atoms with van der Waals surface area (Å²) >= 11 is 0. The van der Waals surface area contributed by atoms with Crippen molar-refractivity contribution in [1.29, 1.82) is 0 Å². The van der Waals surface area contributed by atoms with Crippen molar-refractivity contribution in [1.82, 2.24) is 15.1 Å². The molecule has 0 bridgehead atoms. The van der Waals surface area contributed by atoms with E-state index in [1.807, 2.05) is 24.3 Å². The molecule has 25 heavy (non-hydrogen) atoms. The van der Waals surface area contributed by atoms with Crippen molar-refractivity contribution in [3.8, 4) is 0 Å². The van der Waals surface area contributed by atoms with Crippen LogP contribution in [0.3, 0.4) is 0 Å². The molecule has 5 nitrogen and oxygen atoms in total. The fourth-order valence-electron chi connectivity index (χ4n) is 3.19. The summed E-state index contributed by atoms with van der Waals surface area (Å²) in [4.78, 5) is 29.3. The molecule has 2 rings (SSSR count). The van der Waals surface area contributed by atoms with Gasteiger partial charge in [-0.25, -0.2) is 0 Å². The maximum absolute atomic E-state index is 13.0. The van der Waals surface area contributed by atoms with Gasteiger partial charge in [0.1, 0.15) is 6.04 Å². The maximum Gasteiger partial charge on any atom is 0.254 e. The lowest BCUT2D eigenvalue weighted by atomic mass is 9.86. The third kappa shape index (κ3) is 4.40. The van der Waals surface area contributed by atoms with E-state index in [1.165, 1.54) is 5.56 Å². The van der Waals surface area contributed by atoms with Crippen LogP contribution in [-0.4, -0.2) is 60.4 Å². The monoisotopic (exact) mass is 345 g/mol. The molecule has 1 saturated heterocycles. The van der Waals surface area contributed by atoms with Crippen LogP contribution >= 0.6 is 0 Å². The van der Waals surface area contributed by atoms with Gasteiger partial charge >= 0.3 is 0 Å². The second kappa shape index (κ2) is 7.56. The molecule has 0 radical (unpaired) electrons. The Labute approximate surface area is 151 Å². The number of nitrogens with one attached hydrogen (secondary N) is 1. The molecule has 1 aliphatic heterocycles. The van der Waals surface area contributed by atoms with Crippen LogP contribution in [-0.2, 0) is 10.2 Å². The topological polar surface area (TPSA) is 52.7 Å². The molecule has 1 unspecified atom stereocenters. The van der Waals surface area contributed by atoms with Gasteiger partial charge in [0.25, 0.3) is 5.91 Å². The molecule has 1 N–H and O–H groups in total. The van der Waals surface area contributed by atoms with Crippen molar-refractivity contribution in [2.24, 2.45) is 0 Å². The summed E-state index contributed by atoms with van der Waals surface area (Å²) in [5.74, 6) is -0.178. The molecule has 2 amide bonds. The smallest absolute Gasteiger partial charge is 0.254 e. The largest absolute Gasteiger partial charge is 0.357 e. The molecule has 1 aromatic rings. The Morgan fingerprint density at radius 2 is 1.72 bits per heavy atom. The fourth-order valence-corrected chi connectivity index (χ4v) is 3.19. The van der Waals surface area contributed by atoms with Gasteiger partial charge in [-0.05, 0) is 37.0 Å². The number of hydrogen-bond donors (Lipinski definition) is 1. The van der Waals surface area contributed by atoms with Crippen molar-refractivity contribution < 1.29 is 9.59 Å². The zero-order valence-electron chi connectivity index (χ0n) is 16.3. The Morgan fingerprint density at radius 1 is 1.12 bits per heavy atom. The lowest BCUT2D eigenvalue weighted by Crippen LogP contribution is -2.61. The van der Waals surface area contributed by atoms with Crippen molar-refractivity contribution in [2.45, 2.75) is 52.1 Å². The van der Waals surface area contributed by atoms with E-state index < -0.39 is 6.04 Å². The van der Waals surface area contributed by atoms with Gasteiger partial charge in [0.2, 0.25) is 5.91 Å². The third-order valence-electron chi connectivity index (χ3n) is 4.95. The van der Waals surface area contributed by atoms with Crippen LogP contribution in [0.4, 0.5) is 0 Å². The molecule has 0 aliphatic carbocycles. The lowest BCUT2D eigenvalue weighted by molar-refractivity contribution is -0.127. The summed E-state index contributed by atoms with van der Waals surface area (Å²) in [6, 6.07) is 7.67. The van der Waals surface area contributed by atoms with E-state index in [2.05, 4.69) is 44.8 Å². The van der Waals surface area contributed by atoms with Crippen LogP contribution in [0, 0.1) is 0 Å². The summed E-state index contributed by atoms with van der Waals surface area (Å²) in [5.41, 5.74) is 1.88. The molecule has 1 atom stereocenters. The molecule has 0 aromatic heterocycles. The van der Waals surface area contributed by atoms with E-state index in [1.54, 1.807) is 11.9 Å². The molecule has 1 aliphatic rings. The van der Waals surface area contributed by atoms with E-state index in [0.29, 0.717) is 24.7 Å². The predicted octanol–water partition coefficient (Wildman–Crippen LogP) is 2.26. The molecular formula is C20H31N3O2. The van der Waals surface area contributed by atoms with E-state index in [9.17, 15) is 9.59 Å². The van der Waals surface area contributed by atoms with E-state index in [4.69, 9.17) is 0 Å². The first-order chi connectivity index (χ1) is 11.6. The van der Waals surface area contributed by atoms with Crippen molar-refractivity contribution >= 4 is 11.8 Å². The summed E-state index contributed by atoms with van der Waals surface area (Å²) in [6.07, 6.45) is 0. The Balaban J connectivity index is 2.22. The molecular weight excluding hydrogens is 314 g/mol. The number of hydrogen-bond acceptors (Lipinski definition) is 3. The quantitative estimate of drug-likeness (QED) is 0.914. The average Bonchev–Trinajstić information content (AvgIpc) is 2.59. The van der Waals surface area contributed by atoms with Gasteiger partial charge < -0.3 is 10.2 Å². The standard InChI is InChI=1S/C20H31N3O2/c1-14(2)22-11-12-23(17(13-22)18(24)21-6)19(25)15-7-9-16(10-8-15)20(3,4)5/h7-10,14,17H,11-13H2,1-6H3,(H,21,24). The number of carbonyl (C=O) groups is 2. The van der Waals surface area contributed by atoms with Gasteiger partial charge in [-0.15, -0.1) is 0 Å². The number of benzene rings is 1. The van der Waals surface area contributed by atoms with Gasteiger partial charge in [0.15, 0.2) is 0 Å². The van der Waals surface area contributed by atoms with Crippen LogP contribution in [0.25, 0.3) is 0 Å². The Bertz CT molecular complexity index is 617. The minimum absolute atomic E-state index is 0.0507. The summed E-state index contributed by atoms with van der Waals surface area (Å²) in [7, 11) is 1.62. The normalized spacial score (nSPS) is 19.2. The van der Waals surface area contributed by atoms with Gasteiger partial charge in [-0.1, -0.05) is 32.9 Å². The van der Waals surface area contributed by atoms with Crippen molar-refractivity contribution in [3.63, 3.8) is 0 Å². The number of likely N-dealkylation sites (N-methyl/N-ethyl adjacent to an activating group) is 1.